The fraction of sp³-hybridized carbons (Fsp3) is 0.222. The van der Waals surface area contributed by atoms with E-state index in [-0.39, 0.29) is 6.04 Å². The number of nitrogens with zero attached hydrogens (tertiary/aromatic N) is 3. The lowest BCUT2D eigenvalue weighted by Crippen LogP contribution is -2.18. The predicted molar refractivity (Wildman–Crippen MR) is 89.1 cm³/mol. The zero-order chi connectivity index (χ0) is 15.4. The first-order valence-corrected chi connectivity index (χ1v) is 7.38. The minimum absolute atomic E-state index is 0.185. The minimum atomic E-state index is 0.185. The normalized spacial score (nSPS) is 12.2. The van der Waals surface area contributed by atoms with Crippen molar-refractivity contribution in [2.75, 3.05) is 13.6 Å². The maximum absolute atomic E-state index is 7.13. The average Bonchev–Trinajstić information content (AvgIpc) is 2.99. The molecule has 0 aliphatic rings. The van der Waals surface area contributed by atoms with Crippen LogP contribution in [0.1, 0.15) is 18.0 Å². The van der Waals surface area contributed by atoms with Gasteiger partial charge in [-0.25, -0.2) is 4.85 Å². The number of hydrogen-bond acceptors (Lipinski definition) is 2. The van der Waals surface area contributed by atoms with Crippen LogP contribution in [0.5, 0.6) is 0 Å². The Kier molecular flexibility index (Phi) is 4.17. The molecule has 4 heteroatoms. The highest BCUT2D eigenvalue weighted by molar-refractivity contribution is 5.82. The van der Waals surface area contributed by atoms with E-state index in [1.165, 1.54) is 5.56 Å². The molecule has 3 rings (SSSR count). The molecule has 0 radical (unpaired) electrons. The van der Waals surface area contributed by atoms with Crippen molar-refractivity contribution in [3.8, 4) is 0 Å². The number of rotatable bonds is 5. The molecule has 1 N–H and O–H groups in total. The number of aromatic nitrogens is 2. The summed E-state index contributed by atoms with van der Waals surface area (Å²) in [6, 6.07) is 16.4. The highest BCUT2D eigenvalue weighted by Crippen LogP contribution is 2.28. The molecule has 0 spiro atoms. The van der Waals surface area contributed by atoms with Crippen LogP contribution < -0.4 is 5.32 Å². The lowest BCUT2D eigenvalue weighted by Gasteiger charge is -2.19. The van der Waals surface area contributed by atoms with E-state index in [4.69, 9.17) is 6.57 Å². The third kappa shape index (κ3) is 2.72. The molecular weight excluding hydrogens is 272 g/mol. The summed E-state index contributed by atoms with van der Waals surface area (Å²) in [4.78, 5) is 3.49. The van der Waals surface area contributed by atoms with E-state index < -0.39 is 0 Å². The summed E-state index contributed by atoms with van der Waals surface area (Å²) in [5, 5.41) is 8.81. The summed E-state index contributed by atoms with van der Waals surface area (Å²) in [5.41, 5.74) is 2.97. The third-order valence-electron chi connectivity index (χ3n) is 3.86. The van der Waals surface area contributed by atoms with Crippen molar-refractivity contribution in [3.63, 3.8) is 0 Å². The lowest BCUT2D eigenvalue weighted by molar-refractivity contribution is 0.494. The van der Waals surface area contributed by atoms with Gasteiger partial charge in [-0.1, -0.05) is 36.4 Å². The molecule has 1 atom stereocenters. The Bertz CT molecular complexity index is 799. The number of benzene rings is 2. The highest BCUT2D eigenvalue weighted by atomic mass is 15.3. The molecule has 0 amide bonds. The van der Waals surface area contributed by atoms with Gasteiger partial charge in [0.15, 0.2) is 5.69 Å². The van der Waals surface area contributed by atoms with Crippen LogP contribution in [0, 0.1) is 6.57 Å². The average molecular weight is 290 g/mol. The topological polar surface area (TPSA) is 34.2 Å². The van der Waals surface area contributed by atoms with Crippen LogP contribution in [0.3, 0.4) is 0 Å². The molecule has 0 saturated carbocycles. The number of nitrogens with one attached hydrogen (secondary N) is 1. The van der Waals surface area contributed by atoms with Gasteiger partial charge >= 0.3 is 0 Å². The van der Waals surface area contributed by atoms with Gasteiger partial charge in [0.2, 0.25) is 0 Å². The fourth-order valence-electron chi connectivity index (χ4n) is 2.74. The zero-order valence-corrected chi connectivity index (χ0v) is 12.5. The SMILES string of the molecule is [C-]#[N+]c1ccc2c(cnn2C(CCNC)c2ccccc2)c1. The first-order valence-electron chi connectivity index (χ1n) is 7.38. The van der Waals surface area contributed by atoms with Gasteiger partial charge in [0.05, 0.1) is 24.3 Å². The van der Waals surface area contributed by atoms with Gasteiger partial charge in [0, 0.05) is 5.39 Å². The quantitative estimate of drug-likeness (QED) is 0.725. The molecular formula is C18H18N4. The summed E-state index contributed by atoms with van der Waals surface area (Å²) < 4.78 is 2.07. The van der Waals surface area contributed by atoms with E-state index in [0.717, 1.165) is 23.9 Å². The van der Waals surface area contributed by atoms with E-state index >= 15 is 0 Å². The summed E-state index contributed by atoms with van der Waals surface area (Å²) in [6.07, 6.45) is 2.81. The third-order valence-corrected chi connectivity index (χ3v) is 3.86. The van der Waals surface area contributed by atoms with Gasteiger partial charge in [-0.05, 0) is 37.7 Å². The Morgan fingerprint density at radius 1 is 1.23 bits per heavy atom. The molecule has 1 aromatic heterocycles. The minimum Gasteiger partial charge on any atom is -0.320 e. The van der Waals surface area contributed by atoms with Gasteiger partial charge in [-0.2, -0.15) is 5.10 Å². The van der Waals surface area contributed by atoms with Crippen LogP contribution in [0.25, 0.3) is 15.7 Å². The van der Waals surface area contributed by atoms with Crippen molar-refractivity contribution in [1.29, 1.82) is 0 Å². The molecule has 1 unspecified atom stereocenters. The Morgan fingerprint density at radius 2 is 2.05 bits per heavy atom. The predicted octanol–water partition coefficient (Wildman–Crippen LogP) is 3.79. The second-order valence-corrected chi connectivity index (χ2v) is 5.26. The number of fused-ring (bicyclic) bond motifs is 1. The second-order valence-electron chi connectivity index (χ2n) is 5.26. The lowest BCUT2D eigenvalue weighted by atomic mass is 10.0. The smallest absolute Gasteiger partial charge is 0.188 e. The Labute approximate surface area is 130 Å². The van der Waals surface area contributed by atoms with Gasteiger partial charge in [0.25, 0.3) is 0 Å². The second kappa shape index (κ2) is 6.42. The summed E-state index contributed by atoms with van der Waals surface area (Å²) in [5.74, 6) is 0. The van der Waals surface area contributed by atoms with Crippen LogP contribution in [0.15, 0.2) is 54.7 Å². The first-order chi connectivity index (χ1) is 10.8. The summed E-state index contributed by atoms with van der Waals surface area (Å²) >= 11 is 0. The monoisotopic (exact) mass is 290 g/mol. The maximum Gasteiger partial charge on any atom is 0.188 e. The molecule has 1 heterocycles. The van der Waals surface area contributed by atoms with Crippen molar-refractivity contribution in [3.05, 3.63) is 71.7 Å². The standard InChI is InChI=1S/C18H18N4/c1-19-11-10-18(14-6-4-3-5-7-14)22-17-9-8-16(20-2)12-15(17)13-21-22/h3-9,12-13,18-19H,10-11H2,1H3. The molecule has 2 aromatic carbocycles. The molecule has 0 bridgehead atoms. The van der Waals surface area contributed by atoms with Crippen LogP contribution >= 0.6 is 0 Å². The molecule has 22 heavy (non-hydrogen) atoms. The molecule has 0 saturated heterocycles. The number of hydrogen-bond donors (Lipinski definition) is 1. The van der Waals surface area contributed by atoms with E-state index in [2.05, 4.69) is 44.2 Å². The van der Waals surface area contributed by atoms with Crippen LogP contribution in [0.4, 0.5) is 5.69 Å². The van der Waals surface area contributed by atoms with E-state index in [0.29, 0.717) is 5.69 Å². The highest BCUT2D eigenvalue weighted by Gasteiger charge is 2.16. The largest absolute Gasteiger partial charge is 0.320 e. The van der Waals surface area contributed by atoms with Gasteiger partial charge in [-0.15, -0.1) is 0 Å². The Morgan fingerprint density at radius 3 is 2.77 bits per heavy atom. The fourth-order valence-corrected chi connectivity index (χ4v) is 2.74. The van der Waals surface area contributed by atoms with Crippen molar-refractivity contribution < 1.29 is 0 Å². The van der Waals surface area contributed by atoms with Crippen LogP contribution in [-0.4, -0.2) is 23.4 Å². The summed E-state index contributed by atoms with van der Waals surface area (Å²) in [6.45, 7) is 8.04. The Balaban J connectivity index is 2.06. The van der Waals surface area contributed by atoms with Crippen molar-refractivity contribution in [1.82, 2.24) is 15.1 Å². The molecule has 0 fully saturated rings. The van der Waals surface area contributed by atoms with E-state index in [9.17, 15) is 0 Å². The molecule has 0 aliphatic carbocycles. The van der Waals surface area contributed by atoms with Gasteiger partial charge < -0.3 is 5.32 Å². The molecule has 110 valence electrons. The Hall–Kier alpha value is -2.64. The maximum atomic E-state index is 7.13. The van der Waals surface area contributed by atoms with Gasteiger partial charge in [0.1, 0.15) is 0 Å². The van der Waals surface area contributed by atoms with Crippen LogP contribution in [0.2, 0.25) is 0 Å². The van der Waals surface area contributed by atoms with Crippen molar-refractivity contribution in [2.45, 2.75) is 12.5 Å². The van der Waals surface area contributed by atoms with Crippen LogP contribution in [-0.2, 0) is 0 Å². The van der Waals surface area contributed by atoms with E-state index in [1.807, 2.05) is 37.5 Å². The zero-order valence-electron chi connectivity index (χ0n) is 12.5. The molecule has 3 aromatic rings. The van der Waals surface area contributed by atoms with E-state index in [1.54, 1.807) is 0 Å². The van der Waals surface area contributed by atoms with Gasteiger partial charge in [-0.3, -0.25) is 4.68 Å². The van der Waals surface area contributed by atoms with Crippen molar-refractivity contribution >= 4 is 16.6 Å². The molecule has 4 nitrogen and oxygen atoms in total. The summed E-state index contributed by atoms with van der Waals surface area (Å²) in [7, 11) is 1.96. The first kappa shape index (κ1) is 14.3. The molecule has 0 aliphatic heterocycles. The van der Waals surface area contributed by atoms with Crippen molar-refractivity contribution in [2.24, 2.45) is 0 Å².